The zero-order chi connectivity index (χ0) is 21.0. The Kier molecular flexibility index (Phi) is 4.64. The first-order valence-electron chi connectivity index (χ1n) is 9.56. The number of methoxy groups -OCH3 is 3. The number of rotatable bonds is 5. The molecule has 4 rings (SSSR count). The standard InChI is InChI=1S/C22H27NO6/c1-12-19(23-2)20(24)21(25)18-16(28-5)10-15(27-4)11-17(18)29-22(12,21)13-6-8-14(26-3)9-7-13/h6-12,19-20,23-25H,1-5H3/t12-,19-,20-,21+,22-/m1/s1. The molecular formula is C22H27NO6. The molecule has 0 aromatic heterocycles. The smallest absolute Gasteiger partial charge is 0.174 e. The van der Waals surface area contributed by atoms with Crippen molar-refractivity contribution < 1.29 is 29.2 Å². The van der Waals surface area contributed by atoms with Crippen LogP contribution in [0.2, 0.25) is 0 Å². The molecular weight excluding hydrogens is 374 g/mol. The quantitative estimate of drug-likeness (QED) is 0.704. The number of hydrogen-bond acceptors (Lipinski definition) is 7. The van der Waals surface area contributed by atoms with Crippen molar-refractivity contribution in [2.75, 3.05) is 28.4 Å². The predicted molar refractivity (Wildman–Crippen MR) is 107 cm³/mol. The van der Waals surface area contributed by atoms with Gasteiger partial charge in [-0.05, 0) is 24.7 Å². The summed E-state index contributed by atoms with van der Waals surface area (Å²) in [6.45, 7) is 1.96. The Morgan fingerprint density at radius 1 is 1.00 bits per heavy atom. The molecule has 0 unspecified atom stereocenters. The molecule has 3 N–H and O–H groups in total. The number of aliphatic hydroxyl groups is 2. The first kappa shape index (κ1) is 19.8. The van der Waals surface area contributed by atoms with Crippen molar-refractivity contribution in [3.05, 3.63) is 47.5 Å². The van der Waals surface area contributed by atoms with Crippen LogP contribution in [0.4, 0.5) is 0 Å². The van der Waals surface area contributed by atoms with Crippen molar-refractivity contribution in [1.82, 2.24) is 5.32 Å². The number of fused-ring (bicyclic) bond motifs is 3. The van der Waals surface area contributed by atoms with E-state index in [1.807, 2.05) is 31.2 Å². The van der Waals surface area contributed by atoms with Crippen LogP contribution in [-0.2, 0) is 11.2 Å². The van der Waals surface area contributed by atoms with Gasteiger partial charge in [0.2, 0.25) is 0 Å². The second kappa shape index (κ2) is 6.79. The third-order valence-corrected chi connectivity index (χ3v) is 6.51. The highest BCUT2D eigenvalue weighted by Gasteiger charge is 2.75. The number of likely N-dealkylation sites (N-methyl/N-ethyl adjacent to an activating group) is 1. The largest absolute Gasteiger partial charge is 0.497 e. The third-order valence-electron chi connectivity index (χ3n) is 6.51. The van der Waals surface area contributed by atoms with Crippen molar-refractivity contribution >= 4 is 0 Å². The van der Waals surface area contributed by atoms with Crippen LogP contribution in [0.15, 0.2) is 36.4 Å². The predicted octanol–water partition coefficient (Wildman–Crippen LogP) is 1.79. The Balaban J connectivity index is 2.01. The number of hydrogen-bond donors (Lipinski definition) is 3. The van der Waals surface area contributed by atoms with Gasteiger partial charge in [-0.2, -0.15) is 0 Å². The molecule has 7 nitrogen and oxygen atoms in total. The van der Waals surface area contributed by atoms with Gasteiger partial charge in [0.1, 0.15) is 29.1 Å². The molecule has 1 heterocycles. The van der Waals surface area contributed by atoms with Crippen LogP contribution in [0.25, 0.3) is 0 Å². The highest BCUT2D eigenvalue weighted by atomic mass is 16.5. The molecule has 29 heavy (non-hydrogen) atoms. The van der Waals surface area contributed by atoms with E-state index in [1.54, 1.807) is 33.4 Å². The van der Waals surface area contributed by atoms with Crippen molar-refractivity contribution in [3.63, 3.8) is 0 Å². The maximum atomic E-state index is 12.2. The highest BCUT2D eigenvalue weighted by Crippen LogP contribution is 2.66. The monoisotopic (exact) mass is 401 g/mol. The highest BCUT2D eigenvalue weighted by molar-refractivity contribution is 5.61. The second-order valence-electron chi connectivity index (χ2n) is 7.58. The Bertz CT molecular complexity index is 916. The summed E-state index contributed by atoms with van der Waals surface area (Å²) in [6.07, 6.45) is -1.13. The Labute approximate surface area is 170 Å². The Morgan fingerprint density at radius 3 is 2.21 bits per heavy atom. The number of ether oxygens (including phenoxy) is 4. The molecule has 1 fully saturated rings. The van der Waals surface area contributed by atoms with E-state index in [9.17, 15) is 10.2 Å². The molecule has 2 aliphatic rings. The molecule has 0 radical (unpaired) electrons. The lowest BCUT2D eigenvalue weighted by atomic mass is 9.73. The van der Waals surface area contributed by atoms with Gasteiger partial charge in [0, 0.05) is 24.1 Å². The molecule has 2 aromatic carbocycles. The number of aliphatic hydroxyl groups excluding tert-OH is 1. The van der Waals surface area contributed by atoms with Gasteiger partial charge in [0.15, 0.2) is 11.2 Å². The molecule has 0 bridgehead atoms. The topological polar surface area (TPSA) is 89.4 Å². The van der Waals surface area contributed by atoms with Gasteiger partial charge in [-0.3, -0.25) is 0 Å². The summed E-state index contributed by atoms with van der Waals surface area (Å²) in [5.41, 5.74) is -1.80. The number of nitrogens with one attached hydrogen (secondary N) is 1. The fourth-order valence-electron chi connectivity index (χ4n) is 5.12. The summed E-state index contributed by atoms with van der Waals surface area (Å²) in [7, 11) is 6.44. The fourth-order valence-corrected chi connectivity index (χ4v) is 5.12. The van der Waals surface area contributed by atoms with E-state index in [0.717, 1.165) is 5.56 Å². The van der Waals surface area contributed by atoms with Gasteiger partial charge in [0.05, 0.1) is 26.9 Å². The van der Waals surface area contributed by atoms with Gasteiger partial charge < -0.3 is 34.5 Å². The first-order valence-corrected chi connectivity index (χ1v) is 9.56. The summed E-state index contributed by atoms with van der Waals surface area (Å²) < 4.78 is 22.8. The molecule has 156 valence electrons. The van der Waals surface area contributed by atoms with Crippen molar-refractivity contribution in [2.24, 2.45) is 5.92 Å². The van der Waals surface area contributed by atoms with Crippen LogP contribution in [-0.4, -0.2) is 50.7 Å². The van der Waals surface area contributed by atoms with Gasteiger partial charge in [-0.15, -0.1) is 0 Å². The lowest BCUT2D eigenvalue weighted by Gasteiger charge is -2.39. The van der Waals surface area contributed by atoms with Crippen molar-refractivity contribution in [2.45, 2.75) is 30.3 Å². The minimum absolute atomic E-state index is 0.274. The maximum Gasteiger partial charge on any atom is 0.174 e. The minimum Gasteiger partial charge on any atom is -0.497 e. The van der Waals surface area contributed by atoms with E-state index < -0.39 is 23.3 Å². The summed E-state index contributed by atoms with van der Waals surface area (Å²) in [5.74, 6) is 1.80. The van der Waals surface area contributed by atoms with E-state index in [2.05, 4.69) is 5.32 Å². The van der Waals surface area contributed by atoms with E-state index in [0.29, 0.717) is 28.6 Å². The van der Waals surface area contributed by atoms with E-state index >= 15 is 0 Å². The van der Waals surface area contributed by atoms with Crippen molar-refractivity contribution in [3.8, 4) is 23.0 Å². The van der Waals surface area contributed by atoms with Crippen LogP contribution in [0.3, 0.4) is 0 Å². The van der Waals surface area contributed by atoms with Crippen LogP contribution < -0.4 is 24.3 Å². The molecule has 0 saturated heterocycles. The normalized spacial score (nSPS) is 32.3. The van der Waals surface area contributed by atoms with Crippen LogP contribution >= 0.6 is 0 Å². The molecule has 7 heteroatoms. The van der Waals surface area contributed by atoms with Crippen LogP contribution in [0.5, 0.6) is 23.0 Å². The van der Waals surface area contributed by atoms with Crippen LogP contribution in [0, 0.1) is 5.92 Å². The molecule has 0 spiro atoms. The van der Waals surface area contributed by atoms with E-state index in [4.69, 9.17) is 18.9 Å². The molecule has 0 amide bonds. The summed E-state index contributed by atoms with van der Waals surface area (Å²) in [4.78, 5) is 0. The van der Waals surface area contributed by atoms with E-state index in [-0.39, 0.29) is 5.92 Å². The second-order valence-corrected chi connectivity index (χ2v) is 7.58. The third kappa shape index (κ3) is 2.35. The van der Waals surface area contributed by atoms with Gasteiger partial charge >= 0.3 is 0 Å². The average molecular weight is 401 g/mol. The SMILES string of the molecule is CN[C@H]1[C@@H](O)[C@@]2(O)c3c(OC)cc(OC)cc3O[C@@]2(c2ccc(OC)cc2)[C@@H]1C. The first-order chi connectivity index (χ1) is 13.9. The fraction of sp³-hybridized carbons (Fsp3) is 0.455. The zero-order valence-corrected chi connectivity index (χ0v) is 17.2. The van der Waals surface area contributed by atoms with Crippen molar-refractivity contribution in [1.29, 1.82) is 0 Å². The summed E-state index contributed by atoms with van der Waals surface area (Å²) in [6, 6.07) is 10.4. The van der Waals surface area contributed by atoms with Gasteiger partial charge in [0.25, 0.3) is 0 Å². The molecule has 1 aliphatic carbocycles. The maximum absolute atomic E-state index is 12.2. The van der Waals surface area contributed by atoms with E-state index in [1.165, 1.54) is 7.11 Å². The van der Waals surface area contributed by atoms with Gasteiger partial charge in [-0.25, -0.2) is 0 Å². The minimum atomic E-state index is -1.73. The van der Waals surface area contributed by atoms with Crippen LogP contribution in [0.1, 0.15) is 18.1 Å². The molecule has 1 saturated carbocycles. The molecule has 5 atom stereocenters. The zero-order valence-electron chi connectivity index (χ0n) is 17.2. The Morgan fingerprint density at radius 2 is 1.66 bits per heavy atom. The lowest BCUT2D eigenvalue weighted by Crippen LogP contribution is -2.52. The number of benzene rings is 2. The molecule has 2 aromatic rings. The Hall–Kier alpha value is -2.48. The van der Waals surface area contributed by atoms with Gasteiger partial charge in [-0.1, -0.05) is 19.1 Å². The summed E-state index contributed by atoms with van der Waals surface area (Å²) in [5, 5.41) is 26.6. The molecule has 1 aliphatic heterocycles. The summed E-state index contributed by atoms with van der Waals surface area (Å²) >= 11 is 0. The lowest BCUT2D eigenvalue weighted by molar-refractivity contribution is -0.155. The average Bonchev–Trinajstić information content (AvgIpc) is 3.11.